The summed E-state index contributed by atoms with van der Waals surface area (Å²) in [5.74, 6) is 5.33. The number of aliphatic hydroxyl groups is 1. The number of hydrazine groups is 1. The summed E-state index contributed by atoms with van der Waals surface area (Å²) in [5, 5.41) is 9.04. The van der Waals surface area contributed by atoms with Crippen molar-refractivity contribution in [3.8, 4) is 0 Å². The molecule has 1 aliphatic rings. The fraction of sp³-hybridized carbons (Fsp3) is 0.462. The number of benzene rings is 1. The SMILES string of the molecule is Cc1cc(NN)ccc1C(=O)N(CCO)C1CC1. The molecule has 0 spiro atoms. The van der Waals surface area contributed by atoms with Crippen LogP contribution in [0, 0.1) is 6.92 Å². The number of amides is 1. The first-order chi connectivity index (χ1) is 8.67. The van der Waals surface area contributed by atoms with Gasteiger partial charge in [-0.05, 0) is 43.5 Å². The lowest BCUT2D eigenvalue weighted by Crippen LogP contribution is -2.35. The van der Waals surface area contributed by atoms with Crippen LogP contribution in [-0.4, -0.2) is 35.1 Å². The maximum atomic E-state index is 12.4. The minimum absolute atomic E-state index is 0.00370. The summed E-state index contributed by atoms with van der Waals surface area (Å²) in [6, 6.07) is 5.71. The highest BCUT2D eigenvalue weighted by Crippen LogP contribution is 2.28. The van der Waals surface area contributed by atoms with Crippen LogP contribution in [0.3, 0.4) is 0 Å². The highest BCUT2D eigenvalue weighted by Gasteiger charge is 2.32. The lowest BCUT2D eigenvalue weighted by atomic mass is 10.1. The maximum absolute atomic E-state index is 12.4. The van der Waals surface area contributed by atoms with E-state index in [1.54, 1.807) is 17.0 Å². The second-order valence-corrected chi connectivity index (χ2v) is 4.63. The van der Waals surface area contributed by atoms with Crippen LogP contribution in [0.5, 0.6) is 0 Å². The molecule has 0 aliphatic heterocycles. The predicted octanol–water partition coefficient (Wildman–Crippen LogP) is 0.878. The van der Waals surface area contributed by atoms with Gasteiger partial charge in [0.2, 0.25) is 0 Å². The summed E-state index contributed by atoms with van der Waals surface area (Å²) >= 11 is 0. The van der Waals surface area contributed by atoms with Crippen molar-refractivity contribution in [3.63, 3.8) is 0 Å². The normalized spacial score (nSPS) is 14.4. The molecular formula is C13H19N3O2. The summed E-state index contributed by atoms with van der Waals surface area (Å²) in [4.78, 5) is 14.2. The van der Waals surface area contributed by atoms with Gasteiger partial charge in [-0.1, -0.05) is 0 Å². The van der Waals surface area contributed by atoms with Gasteiger partial charge in [0.1, 0.15) is 0 Å². The van der Waals surface area contributed by atoms with Crippen LogP contribution >= 0.6 is 0 Å². The first-order valence-corrected chi connectivity index (χ1v) is 6.16. The Hall–Kier alpha value is -1.59. The quantitative estimate of drug-likeness (QED) is 0.534. The highest BCUT2D eigenvalue weighted by atomic mass is 16.3. The van der Waals surface area contributed by atoms with Crippen LogP contribution in [0.15, 0.2) is 18.2 Å². The molecule has 0 atom stereocenters. The standard InChI is InChI=1S/C13H19N3O2/c1-9-8-10(15-14)2-5-12(9)13(18)16(6-7-17)11-3-4-11/h2,5,8,11,15,17H,3-4,6-7,14H2,1H3. The average molecular weight is 249 g/mol. The lowest BCUT2D eigenvalue weighted by molar-refractivity contribution is 0.0707. The molecular weight excluding hydrogens is 230 g/mol. The number of carbonyl (C=O) groups excluding carboxylic acids is 1. The van der Waals surface area contributed by atoms with E-state index in [9.17, 15) is 4.79 Å². The number of aryl methyl sites for hydroxylation is 1. The lowest BCUT2D eigenvalue weighted by Gasteiger charge is -2.22. The Kier molecular flexibility index (Phi) is 3.84. The fourth-order valence-corrected chi connectivity index (χ4v) is 2.09. The summed E-state index contributed by atoms with van der Waals surface area (Å²) in [6.45, 7) is 2.29. The molecule has 0 saturated heterocycles. The van der Waals surface area contributed by atoms with E-state index in [1.165, 1.54) is 0 Å². The Balaban J connectivity index is 2.21. The number of hydrogen-bond donors (Lipinski definition) is 3. The zero-order valence-corrected chi connectivity index (χ0v) is 10.5. The predicted molar refractivity (Wildman–Crippen MR) is 70.1 cm³/mol. The second kappa shape index (κ2) is 5.37. The Labute approximate surface area is 107 Å². The zero-order valence-electron chi connectivity index (χ0n) is 10.5. The van der Waals surface area contributed by atoms with E-state index < -0.39 is 0 Å². The average Bonchev–Trinajstić information content (AvgIpc) is 3.19. The third kappa shape index (κ3) is 2.63. The van der Waals surface area contributed by atoms with Gasteiger partial charge in [-0.2, -0.15) is 0 Å². The van der Waals surface area contributed by atoms with E-state index in [2.05, 4.69) is 5.43 Å². The van der Waals surface area contributed by atoms with Gasteiger partial charge in [-0.3, -0.25) is 10.6 Å². The molecule has 18 heavy (non-hydrogen) atoms. The zero-order chi connectivity index (χ0) is 13.1. The van der Waals surface area contributed by atoms with Gasteiger partial charge in [0.25, 0.3) is 5.91 Å². The van der Waals surface area contributed by atoms with Gasteiger partial charge in [0.15, 0.2) is 0 Å². The van der Waals surface area contributed by atoms with Crippen molar-refractivity contribution in [3.05, 3.63) is 29.3 Å². The molecule has 5 heteroatoms. The topological polar surface area (TPSA) is 78.6 Å². The maximum Gasteiger partial charge on any atom is 0.254 e. The smallest absolute Gasteiger partial charge is 0.254 e. The van der Waals surface area contributed by atoms with Crippen molar-refractivity contribution >= 4 is 11.6 Å². The van der Waals surface area contributed by atoms with Crippen LogP contribution in [0.1, 0.15) is 28.8 Å². The molecule has 1 amide bonds. The molecule has 2 rings (SSSR count). The summed E-state index contributed by atoms with van der Waals surface area (Å²) in [7, 11) is 0. The molecule has 0 heterocycles. The largest absolute Gasteiger partial charge is 0.395 e. The number of anilines is 1. The number of nitrogens with two attached hydrogens (primary N) is 1. The van der Waals surface area contributed by atoms with Crippen molar-refractivity contribution in [1.29, 1.82) is 0 Å². The molecule has 98 valence electrons. The molecule has 1 fully saturated rings. The molecule has 5 nitrogen and oxygen atoms in total. The van der Waals surface area contributed by atoms with Crippen molar-refractivity contribution in [2.75, 3.05) is 18.6 Å². The summed E-state index contributed by atoms with van der Waals surface area (Å²) in [5.41, 5.74) is 4.90. The van der Waals surface area contributed by atoms with Crippen molar-refractivity contribution in [2.24, 2.45) is 5.84 Å². The molecule has 1 aromatic carbocycles. The summed E-state index contributed by atoms with van der Waals surface area (Å²) < 4.78 is 0. The first-order valence-electron chi connectivity index (χ1n) is 6.16. The highest BCUT2D eigenvalue weighted by molar-refractivity contribution is 5.96. The van der Waals surface area contributed by atoms with Crippen molar-refractivity contribution in [1.82, 2.24) is 4.90 Å². The molecule has 0 bridgehead atoms. The van der Waals surface area contributed by atoms with Crippen molar-refractivity contribution in [2.45, 2.75) is 25.8 Å². The minimum Gasteiger partial charge on any atom is -0.395 e. The number of nitrogen functional groups attached to an aromatic ring is 1. The van der Waals surface area contributed by atoms with Crippen LogP contribution in [0.4, 0.5) is 5.69 Å². The van der Waals surface area contributed by atoms with Gasteiger partial charge in [0.05, 0.1) is 6.61 Å². The van der Waals surface area contributed by atoms with Crippen molar-refractivity contribution < 1.29 is 9.90 Å². The third-order valence-electron chi connectivity index (χ3n) is 3.21. The van der Waals surface area contributed by atoms with Gasteiger partial charge < -0.3 is 15.4 Å². The Morgan fingerprint density at radius 2 is 2.28 bits per heavy atom. The number of hydrogen-bond acceptors (Lipinski definition) is 4. The summed E-state index contributed by atoms with van der Waals surface area (Å²) in [6.07, 6.45) is 2.07. The van der Waals surface area contributed by atoms with Crippen LogP contribution in [0.2, 0.25) is 0 Å². The number of rotatable bonds is 5. The van der Waals surface area contributed by atoms with Crippen LogP contribution < -0.4 is 11.3 Å². The molecule has 4 N–H and O–H groups in total. The Bertz CT molecular complexity index is 444. The fourth-order valence-electron chi connectivity index (χ4n) is 2.09. The van der Waals surface area contributed by atoms with Crippen LogP contribution in [0.25, 0.3) is 0 Å². The number of nitrogens with zero attached hydrogens (tertiary/aromatic N) is 1. The molecule has 0 radical (unpaired) electrons. The monoisotopic (exact) mass is 249 g/mol. The molecule has 1 saturated carbocycles. The molecule has 1 aliphatic carbocycles. The Morgan fingerprint density at radius 1 is 1.56 bits per heavy atom. The van der Waals surface area contributed by atoms with E-state index in [-0.39, 0.29) is 12.5 Å². The Morgan fingerprint density at radius 3 is 2.78 bits per heavy atom. The van der Waals surface area contributed by atoms with E-state index in [0.717, 1.165) is 24.1 Å². The number of aliphatic hydroxyl groups excluding tert-OH is 1. The van der Waals surface area contributed by atoms with Gasteiger partial charge in [-0.15, -0.1) is 0 Å². The van der Waals surface area contributed by atoms with Crippen LogP contribution in [-0.2, 0) is 0 Å². The molecule has 0 aromatic heterocycles. The van der Waals surface area contributed by atoms with Gasteiger partial charge in [0, 0.05) is 23.8 Å². The van der Waals surface area contributed by atoms with E-state index in [4.69, 9.17) is 10.9 Å². The van der Waals surface area contributed by atoms with Gasteiger partial charge in [-0.25, -0.2) is 0 Å². The minimum atomic E-state index is -0.00683. The van der Waals surface area contributed by atoms with Gasteiger partial charge >= 0.3 is 0 Å². The third-order valence-corrected chi connectivity index (χ3v) is 3.21. The van der Waals surface area contributed by atoms with E-state index >= 15 is 0 Å². The number of carbonyl (C=O) groups is 1. The van der Waals surface area contributed by atoms with E-state index in [0.29, 0.717) is 18.2 Å². The second-order valence-electron chi connectivity index (χ2n) is 4.63. The number of nitrogens with one attached hydrogen (secondary N) is 1. The molecule has 0 unspecified atom stereocenters. The first kappa shape index (κ1) is 12.9. The molecule has 1 aromatic rings. The van der Waals surface area contributed by atoms with E-state index in [1.807, 2.05) is 13.0 Å².